The molecule has 0 unspecified atom stereocenters. The molecular formula is C8H13N3O3S. The lowest BCUT2D eigenvalue weighted by Gasteiger charge is -2.08. The minimum absolute atomic E-state index is 0.0235. The van der Waals surface area contributed by atoms with Gasteiger partial charge in [0.05, 0.1) is 6.61 Å². The molecule has 0 saturated heterocycles. The summed E-state index contributed by atoms with van der Waals surface area (Å²) in [5.74, 6) is 0. The smallest absolute Gasteiger partial charge is 0.299 e. The fourth-order valence-corrected chi connectivity index (χ4v) is 1.80. The summed E-state index contributed by atoms with van der Waals surface area (Å²) < 4.78 is 27.0. The number of aliphatic hydroxyl groups excluding tert-OH is 1. The van der Waals surface area contributed by atoms with Gasteiger partial charge in [-0.2, -0.15) is 13.1 Å². The second-order valence-electron chi connectivity index (χ2n) is 2.85. The largest absolute Gasteiger partial charge is 0.399 e. The minimum Gasteiger partial charge on any atom is -0.399 e. The van der Waals surface area contributed by atoms with Crippen LogP contribution in [0.4, 0.5) is 11.4 Å². The molecule has 0 saturated carbocycles. The third kappa shape index (κ3) is 4.15. The molecule has 0 radical (unpaired) electrons. The molecule has 0 amide bonds. The van der Waals surface area contributed by atoms with Gasteiger partial charge in [0.1, 0.15) is 0 Å². The Hall–Kier alpha value is -1.31. The van der Waals surface area contributed by atoms with E-state index in [1.165, 1.54) is 0 Å². The van der Waals surface area contributed by atoms with E-state index in [4.69, 9.17) is 10.8 Å². The maximum atomic E-state index is 11.3. The molecule has 0 fully saturated rings. The van der Waals surface area contributed by atoms with Gasteiger partial charge in [-0.15, -0.1) is 0 Å². The number of nitrogen functional groups attached to an aromatic ring is 1. The van der Waals surface area contributed by atoms with Crippen LogP contribution in [0.3, 0.4) is 0 Å². The van der Waals surface area contributed by atoms with Crippen molar-refractivity contribution in [1.29, 1.82) is 0 Å². The van der Waals surface area contributed by atoms with Gasteiger partial charge in [-0.05, 0) is 24.3 Å². The number of hydrogen-bond donors (Lipinski definition) is 4. The predicted octanol–water partition coefficient (Wildman–Crippen LogP) is -0.493. The van der Waals surface area contributed by atoms with Crippen LogP contribution in [0, 0.1) is 0 Å². The number of nitrogens with one attached hydrogen (secondary N) is 2. The fraction of sp³-hybridized carbons (Fsp3) is 0.250. The maximum absolute atomic E-state index is 11.3. The summed E-state index contributed by atoms with van der Waals surface area (Å²) in [5, 5.41) is 8.46. The van der Waals surface area contributed by atoms with E-state index in [1.807, 2.05) is 0 Å². The van der Waals surface area contributed by atoms with Crippen LogP contribution >= 0.6 is 0 Å². The summed E-state index contributed by atoms with van der Waals surface area (Å²) in [6, 6.07) is 6.27. The van der Waals surface area contributed by atoms with Crippen LogP contribution in [0.15, 0.2) is 24.3 Å². The Kier molecular flexibility index (Phi) is 3.89. The van der Waals surface area contributed by atoms with Gasteiger partial charge in [0, 0.05) is 17.9 Å². The number of hydrogen-bond acceptors (Lipinski definition) is 4. The molecule has 0 aliphatic rings. The highest BCUT2D eigenvalue weighted by Gasteiger charge is 2.07. The van der Waals surface area contributed by atoms with Crippen LogP contribution < -0.4 is 15.2 Å². The molecule has 5 N–H and O–H groups in total. The number of benzene rings is 1. The Morgan fingerprint density at radius 2 is 1.87 bits per heavy atom. The van der Waals surface area contributed by atoms with Crippen molar-refractivity contribution in [3.63, 3.8) is 0 Å². The molecular weight excluding hydrogens is 218 g/mol. The summed E-state index contributed by atoms with van der Waals surface area (Å²) >= 11 is 0. The lowest BCUT2D eigenvalue weighted by molar-refractivity contribution is 0.301. The SMILES string of the molecule is Nc1ccc(NS(=O)(=O)NCCO)cc1. The molecule has 0 heterocycles. The van der Waals surface area contributed by atoms with Crippen molar-refractivity contribution in [3.05, 3.63) is 24.3 Å². The summed E-state index contributed by atoms with van der Waals surface area (Å²) in [6.45, 7) is -0.271. The third-order valence-electron chi connectivity index (χ3n) is 1.57. The number of anilines is 2. The Morgan fingerprint density at radius 1 is 1.27 bits per heavy atom. The van der Waals surface area contributed by atoms with Crippen molar-refractivity contribution in [1.82, 2.24) is 4.72 Å². The molecule has 1 rings (SSSR count). The van der Waals surface area contributed by atoms with E-state index >= 15 is 0 Å². The molecule has 6 nitrogen and oxygen atoms in total. The first kappa shape index (κ1) is 11.8. The minimum atomic E-state index is -3.61. The van der Waals surface area contributed by atoms with Crippen molar-refractivity contribution < 1.29 is 13.5 Å². The average molecular weight is 231 g/mol. The number of rotatable bonds is 5. The lowest BCUT2D eigenvalue weighted by Crippen LogP contribution is -2.32. The summed E-state index contributed by atoms with van der Waals surface area (Å²) in [5.41, 5.74) is 6.41. The highest BCUT2D eigenvalue weighted by Crippen LogP contribution is 2.11. The fourth-order valence-electron chi connectivity index (χ4n) is 0.922. The Balaban J connectivity index is 2.65. The van der Waals surface area contributed by atoms with Crippen molar-refractivity contribution in [3.8, 4) is 0 Å². The molecule has 1 aromatic carbocycles. The summed E-state index contributed by atoms with van der Waals surface area (Å²) in [4.78, 5) is 0. The van der Waals surface area contributed by atoms with Gasteiger partial charge < -0.3 is 10.8 Å². The monoisotopic (exact) mass is 231 g/mol. The van der Waals surface area contributed by atoms with Gasteiger partial charge >= 0.3 is 0 Å². The van der Waals surface area contributed by atoms with Crippen molar-refractivity contribution in [2.24, 2.45) is 0 Å². The molecule has 1 aromatic rings. The molecule has 0 aromatic heterocycles. The van der Waals surface area contributed by atoms with Crippen LogP contribution in [-0.2, 0) is 10.2 Å². The zero-order valence-electron chi connectivity index (χ0n) is 7.97. The van der Waals surface area contributed by atoms with Gasteiger partial charge in [0.15, 0.2) is 0 Å². The zero-order chi connectivity index (χ0) is 11.3. The van der Waals surface area contributed by atoms with E-state index in [0.29, 0.717) is 11.4 Å². The van der Waals surface area contributed by atoms with Crippen LogP contribution in [0.5, 0.6) is 0 Å². The van der Waals surface area contributed by atoms with Gasteiger partial charge in [-0.25, -0.2) is 0 Å². The molecule has 84 valence electrons. The van der Waals surface area contributed by atoms with Gasteiger partial charge in [-0.3, -0.25) is 4.72 Å². The first-order valence-electron chi connectivity index (χ1n) is 4.27. The van der Waals surface area contributed by atoms with Gasteiger partial charge in [-0.1, -0.05) is 0 Å². The molecule has 0 atom stereocenters. The number of aliphatic hydroxyl groups is 1. The predicted molar refractivity (Wildman–Crippen MR) is 58.5 cm³/mol. The zero-order valence-corrected chi connectivity index (χ0v) is 8.79. The first-order valence-corrected chi connectivity index (χ1v) is 5.75. The second-order valence-corrected chi connectivity index (χ2v) is 4.35. The molecule has 0 spiro atoms. The topological polar surface area (TPSA) is 104 Å². The normalized spacial score (nSPS) is 11.3. The van der Waals surface area contributed by atoms with Crippen LogP contribution in [-0.4, -0.2) is 26.7 Å². The Bertz CT molecular complexity index is 402. The third-order valence-corrected chi connectivity index (χ3v) is 2.66. The number of nitrogens with two attached hydrogens (primary N) is 1. The molecule has 0 bridgehead atoms. The van der Waals surface area contributed by atoms with Crippen molar-refractivity contribution >= 4 is 21.6 Å². The van der Waals surface area contributed by atoms with E-state index < -0.39 is 10.2 Å². The van der Waals surface area contributed by atoms with Gasteiger partial charge in [0.2, 0.25) is 0 Å². The lowest BCUT2D eigenvalue weighted by atomic mass is 10.3. The molecule has 15 heavy (non-hydrogen) atoms. The van der Waals surface area contributed by atoms with E-state index in [1.54, 1.807) is 24.3 Å². The summed E-state index contributed by atoms with van der Waals surface area (Å²) in [6.07, 6.45) is 0. The quantitative estimate of drug-likeness (QED) is 0.513. The van der Waals surface area contributed by atoms with Gasteiger partial charge in [0.25, 0.3) is 10.2 Å². The highest BCUT2D eigenvalue weighted by atomic mass is 32.2. The van der Waals surface area contributed by atoms with E-state index in [0.717, 1.165) is 0 Å². The van der Waals surface area contributed by atoms with E-state index in [-0.39, 0.29) is 13.2 Å². The second kappa shape index (κ2) is 4.96. The maximum Gasteiger partial charge on any atom is 0.299 e. The van der Waals surface area contributed by atoms with Crippen LogP contribution in [0.25, 0.3) is 0 Å². The highest BCUT2D eigenvalue weighted by molar-refractivity contribution is 7.90. The van der Waals surface area contributed by atoms with Crippen LogP contribution in [0.1, 0.15) is 0 Å². The van der Waals surface area contributed by atoms with Crippen molar-refractivity contribution in [2.45, 2.75) is 0 Å². The first-order chi connectivity index (χ1) is 7.03. The molecule has 0 aliphatic carbocycles. The molecule has 0 aliphatic heterocycles. The standard InChI is InChI=1S/C8H13N3O3S/c9-7-1-3-8(4-2-7)11-15(13,14)10-5-6-12/h1-4,10-12H,5-6,9H2. The van der Waals surface area contributed by atoms with Crippen LogP contribution in [0.2, 0.25) is 0 Å². The van der Waals surface area contributed by atoms with Crippen molar-refractivity contribution in [2.75, 3.05) is 23.6 Å². The Morgan fingerprint density at radius 3 is 2.40 bits per heavy atom. The molecule has 7 heteroatoms. The average Bonchev–Trinajstić information content (AvgIpc) is 2.18. The van der Waals surface area contributed by atoms with E-state index in [2.05, 4.69) is 9.44 Å². The summed E-state index contributed by atoms with van der Waals surface area (Å²) in [7, 11) is -3.61. The Labute approximate surface area is 88.3 Å². The van der Waals surface area contributed by atoms with E-state index in [9.17, 15) is 8.42 Å².